The van der Waals surface area contributed by atoms with Gasteiger partial charge in [0.1, 0.15) is 24.0 Å². The number of halogens is 2. The number of nitrogens with zero attached hydrogens (tertiary/aromatic N) is 3. The van der Waals surface area contributed by atoms with Gasteiger partial charge in [0.15, 0.2) is 0 Å². The molecular weight excluding hydrogens is 547 g/mol. The SMILES string of the molecule is O=C(O)c1ccc2nc(CN3CCc4c([nH]c5c(OCc6ccc(Cl)cc6F)cccc45)C3)n(C[C@@H]3CCO3)c2c1. The number of ether oxygens (including phenoxy) is 2. The molecule has 0 radical (unpaired) electrons. The van der Waals surface area contributed by atoms with Gasteiger partial charge in [0.05, 0.1) is 41.3 Å². The molecule has 2 aliphatic rings. The van der Waals surface area contributed by atoms with Crippen molar-refractivity contribution in [2.24, 2.45) is 0 Å². The van der Waals surface area contributed by atoms with Crippen LogP contribution in [0.1, 0.15) is 39.4 Å². The van der Waals surface area contributed by atoms with Crippen LogP contribution in [0.5, 0.6) is 5.75 Å². The molecule has 1 saturated heterocycles. The van der Waals surface area contributed by atoms with Crippen molar-refractivity contribution in [3.63, 3.8) is 0 Å². The van der Waals surface area contributed by atoms with Gasteiger partial charge in [-0.3, -0.25) is 4.90 Å². The monoisotopic (exact) mass is 574 g/mol. The van der Waals surface area contributed by atoms with E-state index in [1.807, 2.05) is 12.1 Å². The third-order valence-corrected chi connectivity index (χ3v) is 8.30. The molecule has 1 atom stereocenters. The first-order valence-electron chi connectivity index (χ1n) is 13.7. The maximum Gasteiger partial charge on any atom is 0.335 e. The Bertz CT molecular complexity index is 1790. The second-order valence-corrected chi connectivity index (χ2v) is 11.1. The summed E-state index contributed by atoms with van der Waals surface area (Å²) >= 11 is 5.89. The number of benzene rings is 3. The van der Waals surface area contributed by atoms with Gasteiger partial charge in [0.2, 0.25) is 0 Å². The molecule has 2 aliphatic heterocycles. The summed E-state index contributed by atoms with van der Waals surface area (Å²) in [6, 6.07) is 15.6. The van der Waals surface area contributed by atoms with Crippen molar-refractivity contribution < 1.29 is 23.8 Å². The fraction of sp³-hybridized carbons (Fsp3) is 0.290. The average Bonchev–Trinajstić information content (AvgIpc) is 3.47. The fourth-order valence-corrected chi connectivity index (χ4v) is 5.96. The lowest BCUT2D eigenvalue weighted by molar-refractivity contribution is -0.0592. The van der Waals surface area contributed by atoms with Crippen LogP contribution < -0.4 is 4.74 Å². The second-order valence-electron chi connectivity index (χ2n) is 10.7. The summed E-state index contributed by atoms with van der Waals surface area (Å²) < 4.78 is 28.2. The van der Waals surface area contributed by atoms with Crippen LogP contribution in [0.2, 0.25) is 5.02 Å². The zero-order chi connectivity index (χ0) is 28.1. The lowest BCUT2D eigenvalue weighted by atomic mass is 10.0. The van der Waals surface area contributed by atoms with Crippen LogP contribution >= 0.6 is 11.6 Å². The number of hydrogen-bond donors (Lipinski definition) is 2. The molecule has 0 amide bonds. The minimum atomic E-state index is -0.954. The summed E-state index contributed by atoms with van der Waals surface area (Å²) in [6.45, 7) is 3.68. The molecule has 1 fully saturated rings. The number of carboxylic acids is 1. The molecule has 0 bridgehead atoms. The number of fused-ring (bicyclic) bond motifs is 4. The molecule has 10 heteroatoms. The first kappa shape index (κ1) is 26.0. The molecule has 0 spiro atoms. The highest BCUT2D eigenvalue weighted by molar-refractivity contribution is 6.30. The summed E-state index contributed by atoms with van der Waals surface area (Å²) in [5.74, 6) is 0.228. The van der Waals surface area contributed by atoms with Crippen molar-refractivity contribution in [2.75, 3.05) is 13.2 Å². The number of hydrogen-bond acceptors (Lipinski definition) is 5. The predicted octanol–water partition coefficient (Wildman–Crippen LogP) is 5.93. The topological polar surface area (TPSA) is 92.6 Å². The Hall–Kier alpha value is -3.92. The maximum atomic E-state index is 14.3. The number of carbonyl (C=O) groups is 1. The van der Waals surface area contributed by atoms with E-state index in [-0.39, 0.29) is 24.1 Å². The van der Waals surface area contributed by atoms with Crippen LogP contribution in [0.25, 0.3) is 21.9 Å². The van der Waals surface area contributed by atoms with Crippen LogP contribution in [0.3, 0.4) is 0 Å². The zero-order valence-electron chi connectivity index (χ0n) is 22.2. The molecule has 2 aromatic heterocycles. The van der Waals surface area contributed by atoms with Gasteiger partial charge in [0.25, 0.3) is 0 Å². The highest BCUT2D eigenvalue weighted by atomic mass is 35.5. The highest BCUT2D eigenvalue weighted by Gasteiger charge is 2.26. The molecule has 5 aromatic rings. The fourth-order valence-electron chi connectivity index (χ4n) is 5.81. The number of aromatic nitrogens is 3. The van der Waals surface area contributed by atoms with Gasteiger partial charge in [-0.1, -0.05) is 29.8 Å². The van der Waals surface area contributed by atoms with E-state index in [2.05, 4.69) is 20.5 Å². The van der Waals surface area contributed by atoms with Gasteiger partial charge in [0, 0.05) is 41.4 Å². The molecule has 41 heavy (non-hydrogen) atoms. The van der Waals surface area contributed by atoms with E-state index in [1.165, 1.54) is 11.6 Å². The lowest BCUT2D eigenvalue weighted by Gasteiger charge is -2.29. The van der Waals surface area contributed by atoms with E-state index in [4.69, 9.17) is 26.1 Å². The Labute approximate surface area is 240 Å². The van der Waals surface area contributed by atoms with E-state index in [0.29, 0.717) is 36.0 Å². The number of nitrogens with one attached hydrogen (secondary N) is 1. The minimum absolute atomic E-state index is 0.0996. The number of aromatic amines is 1. The Balaban J connectivity index is 1.14. The van der Waals surface area contributed by atoms with Crippen LogP contribution in [-0.2, 0) is 37.4 Å². The molecule has 8 nitrogen and oxygen atoms in total. The molecule has 0 saturated carbocycles. The molecule has 2 N–H and O–H groups in total. The quantitative estimate of drug-likeness (QED) is 0.238. The van der Waals surface area contributed by atoms with Crippen LogP contribution in [0.4, 0.5) is 4.39 Å². The zero-order valence-corrected chi connectivity index (χ0v) is 23.0. The van der Waals surface area contributed by atoms with Crippen LogP contribution in [0, 0.1) is 5.82 Å². The maximum absolute atomic E-state index is 14.3. The Kier molecular flexibility index (Phi) is 6.65. The van der Waals surface area contributed by atoms with Crippen molar-refractivity contribution in [1.82, 2.24) is 19.4 Å². The van der Waals surface area contributed by atoms with Gasteiger partial charge in [-0.05, 0) is 54.8 Å². The van der Waals surface area contributed by atoms with Crippen molar-refractivity contribution in [3.05, 3.63) is 93.6 Å². The van der Waals surface area contributed by atoms with E-state index in [1.54, 1.807) is 30.3 Å². The molecule has 3 aromatic carbocycles. The smallest absolute Gasteiger partial charge is 0.335 e. The number of aromatic carboxylic acids is 1. The highest BCUT2D eigenvalue weighted by Crippen LogP contribution is 2.34. The first-order chi connectivity index (χ1) is 19.9. The molecule has 0 unspecified atom stereocenters. The number of imidazole rings is 1. The van der Waals surface area contributed by atoms with E-state index < -0.39 is 5.97 Å². The summed E-state index contributed by atoms with van der Waals surface area (Å²) in [6.07, 6.45) is 1.95. The van der Waals surface area contributed by atoms with Gasteiger partial charge in [-0.25, -0.2) is 14.2 Å². The van der Waals surface area contributed by atoms with Crippen molar-refractivity contribution >= 4 is 39.5 Å². The Morgan fingerprint density at radius 3 is 2.88 bits per heavy atom. The van der Waals surface area contributed by atoms with Crippen molar-refractivity contribution in [1.29, 1.82) is 0 Å². The number of H-pyrrole nitrogens is 1. The van der Waals surface area contributed by atoms with Crippen molar-refractivity contribution in [3.8, 4) is 5.75 Å². The van der Waals surface area contributed by atoms with Gasteiger partial charge >= 0.3 is 5.97 Å². The van der Waals surface area contributed by atoms with Gasteiger partial charge in [-0.2, -0.15) is 0 Å². The summed E-state index contributed by atoms with van der Waals surface area (Å²) in [5.41, 5.74) is 5.59. The molecule has 4 heterocycles. The third kappa shape index (κ3) is 4.94. The third-order valence-electron chi connectivity index (χ3n) is 8.07. The van der Waals surface area contributed by atoms with Gasteiger partial charge in [-0.15, -0.1) is 0 Å². The summed E-state index contributed by atoms with van der Waals surface area (Å²) in [7, 11) is 0. The lowest BCUT2D eigenvalue weighted by Crippen LogP contribution is -2.34. The van der Waals surface area contributed by atoms with E-state index >= 15 is 0 Å². The van der Waals surface area contributed by atoms with E-state index in [9.17, 15) is 14.3 Å². The largest absolute Gasteiger partial charge is 0.487 e. The first-order valence-corrected chi connectivity index (χ1v) is 14.1. The molecule has 210 valence electrons. The van der Waals surface area contributed by atoms with Crippen LogP contribution in [-0.4, -0.2) is 49.8 Å². The average molecular weight is 575 g/mol. The normalized spacial score (nSPS) is 17.1. The number of carboxylic acid groups (broad SMARTS) is 1. The Morgan fingerprint density at radius 2 is 2.10 bits per heavy atom. The standard InChI is InChI=1S/C31H28ClFN4O4/c32-20-6-4-19(24(33)13-20)17-41-28-3-1-2-23-22-8-10-36(15-26(22)35-30(23)28)16-29-34-25-7-5-18(31(38)39)12-27(25)37(29)14-21-9-11-40-21/h1-7,12-13,21,35H,8-11,14-17H2,(H,38,39)/t21-/m0/s1. The molecule has 0 aliphatic carbocycles. The minimum Gasteiger partial charge on any atom is -0.487 e. The summed E-state index contributed by atoms with van der Waals surface area (Å²) in [5, 5.41) is 11.0. The molecule has 7 rings (SSSR count). The predicted molar refractivity (Wildman–Crippen MR) is 153 cm³/mol. The summed E-state index contributed by atoms with van der Waals surface area (Å²) in [4.78, 5) is 22.5. The van der Waals surface area contributed by atoms with Crippen LogP contribution in [0.15, 0.2) is 54.6 Å². The Morgan fingerprint density at radius 1 is 1.22 bits per heavy atom. The second kappa shape index (κ2) is 10.5. The molecular formula is C31H28ClFN4O4. The van der Waals surface area contributed by atoms with Gasteiger partial charge < -0.3 is 24.1 Å². The number of rotatable bonds is 8. The van der Waals surface area contributed by atoms with Crippen molar-refractivity contribution in [2.45, 2.75) is 45.2 Å². The van der Waals surface area contributed by atoms with E-state index in [0.717, 1.165) is 59.4 Å². The number of para-hydroxylation sites is 1.